The molecule has 4 nitrogen and oxygen atoms in total. The van der Waals surface area contributed by atoms with Crippen molar-refractivity contribution < 1.29 is 4.74 Å². The fraction of sp³-hybridized carbons (Fsp3) is 0.250. The van der Waals surface area contributed by atoms with Crippen molar-refractivity contribution in [2.75, 3.05) is 6.61 Å². The van der Waals surface area contributed by atoms with E-state index in [0.29, 0.717) is 11.6 Å². The molecule has 0 spiro atoms. The van der Waals surface area contributed by atoms with Crippen LogP contribution in [0.25, 0.3) is 0 Å². The first kappa shape index (κ1) is 12.0. The number of aromatic nitrogens is 2. The van der Waals surface area contributed by atoms with Crippen LogP contribution < -0.4 is 10.5 Å². The van der Waals surface area contributed by atoms with Crippen LogP contribution in [0.5, 0.6) is 5.75 Å². The van der Waals surface area contributed by atoms with Gasteiger partial charge in [0, 0.05) is 18.3 Å². The molecule has 1 heterocycles. The molecule has 1 atom stereocenters. The Morgan fingerprint density at radius 2 is 2.29 bits per heavy atom. The Labute approximate surface area is 105 Å². The topological polar surface area (TPSA) is 53.1 Å². The molecule has 1 aromatic carbocycles. The van der Waals surface area contributed by atoms with Crippen LogP contribution >= 0.6 is 11.6 Å². The molecule has 0 aliphatic heterocycles. The maximum Gasteiger partial charge on any atom is 0.120 e. The van der Waals surface area contributed by atoms with Gasteiger partial charge < -0.3 is 10.5 Å². The van der Waals surface area contributed by atoms with Crippen LogP contribution in [0.1, 0.15) is 11.7 Å². The van der Waals surface area contributed by atoms with E-state index in [1.807, 2.05) is 25.2 Å². The van der Waals surface area contributed by atoms with Crippen molar-refractivity contribution >= 4 is 11.6 Å². The third-order valence-electron chi connectivity index (χ3n) is 2.46. The van der Waals surface area contributed by atoms with E-state index in [1.54, 1.807) is 23.0 Å². The first-order valence-electron chi connectivity index (χ1n) is 5.28. The van der Waals surface area contributed by atoms with Crippen molar-refractivity contribution in [1.82, 2.24) is 9.78 Å². The first-order valence-corrected chi connectivity index (χ1v) is 5.66. The summed E-state index contributed by atoms with van der Waals surface area (Å²) >= 11 is 5.86. The van der Waals surface area contributed by atoms with Crippen molar-refractivity contribution in [3.05, 3.63) is 47.2 Å². The lowest BCUT2D eigenvalue weighted by molar-refractivity contribution is 0.285. The number of ether oxygens (including phenoxy) is 1. The van der Waals surface area contributed by atoms with Gasteiger partial charge in [0.2, 0.25) is 0 Å². The molecule has 0 saturated heterocycles. The van der Waals surface area contributed by atoms with Crippen molar-refractivity contribution in [2.24, 2.45) is 12.8 Å². The third kappa shape index (κ3) is 2.99. The zero-order chi connectivity index (χ0) is 12.3. The zero-order valence-electron chi connectivity index (χ0n) is 9.51. The largest absolute Gasteiger partial charge is 0.492 e. The summed E-state index contributed by atoms with van der Waals surface area (Å²) in [4.78, 5) is 0. The Balaban J connectivity index is 1.97. The average Bonchev–Trinajstić information content (AvgIpc) is 2.72. The van der Waals surface area contributed by atoms with Crippen LogP contribution in [-0.2, 0) is 7.05 Å². The minimum atomic E-state index is -0.207. The number of halogens is 1. The van der Waals surface area contributed by atoms with E-state index in [9.17, 15) is 0 Å². The Morgan fingerprint density at radius 3 is 2.94 bits per heavy atom. The third-order valence-corrected chi connectivity index (χ3v) is 2.70. The summed E-state index contributed by atoms with van der Waals surface area (Å²) in [5.74, 6) is 0.718. The first-order chi connectivity index (χ1) is 8.16. The normalized spacial score (nSPS) is 12.4. The van der Waals surface area contributed by atoms with Crippen LogP contribution in [0.3, 0.4) is 0 Å². The summed E-state index contributed by atoms with van der Waals surface area (Å²) in [6.45, 7) is 0.389. The molecule has 2 rings (SSSR count). The van der Waals surface area contributed by atoms with Crippen LogP contribution in [0, 0.1) is 0 Å². The van der Waals surface area contributed by atoms with E-state index >= 15 is 0 Å². The number of aryl methyl sites for hydroxylation is 1. The Kier molecular flexibility index (Phi) is 3.66. The molecule has 0 bridgehead atoms. The van der Waals surface area contributed by atoms with Crippen LogP contribution in [0.4, 0.5) is 0 Å². The number of benzene rings is 1. The minimum Gasteiger partial charge on any atom is -0.492 e. The van der Waals surface area contributed by atoms with E-state index < -0.39 is 0 Å². The molecule has 0 fully saturated rings. The predicted molar refractivity (Wildman–Crippen MR) is 67.1 cm³/mol. The number of rotatable bonds is 4. The average molecular weight is 252 g/mol. The van der Waals surface area contributed by atoms with Gasteiger partial charge in [0.1, 0.15) is 12.4 Å². The molecule has 0 aliphatic carbocycles. The number of nitrogens with zero attached hydrogens (tertiary/aromatic N) is 2. The Morgan fingerprint density at radius 1 is 1.47 bits per heavy atom. The highest BCUT2D eigenvalue weighted by atomic mass is 35.5. The summed E-state index contributed by atoms with van der Waals surface area (Å²) in [5.41, 5.74) is 6.94. The van der Waals surface area contributed by atoms with Gasteiger partial charge in [-0.05, 0) is 24.3 Å². The maximum atomic E-state index is 6.01. The van der Waals surface area contributed by atoms with Crippen LogP contribution in [0.15, 0.2) is 36.5 Å². The van der Waals surface area contributed by atoms with Crippen LogP contribution in [0.2, 0.25) is 5.02 Å². The monoisotopic (exact) mass is 251 g/mol. The molecule has 0 aliphatic rings. The Hall–Kier alpha value is -1.52. The highest BCUT2D eigenvalue weighted by Gasteiger charge is 2.10. The molecule has 5 heteroatoms. The van der Waals surface area contributed by atoms with Gasteiger partial charge in [0.25, 0.3) is 0 Å². The van der Waals surface area contributed by atoms with Gasteiger partial charge in [-0.25, -0.2) is 0 Å². The molecule has 0 saturated carbocycles. The van der Waals surface area contributed by atoms with Crippen molar-refractivity contribution in [2.45, 2.75) is 6.04 Å². The van der Waals surface area contributed by atoms with Crippen molar-refractivity contribution in [1.29, 1.82) is 0 Å². The summed E-state index contributed by atoms with van der Waals surface area (Å²) < 4.78 is 7.32. The highest BCUT2D eigenvalue weighted by Crippen LogP contribution is 2.18. The fourth-order valence-electron chi connectivity index (χ4n) is 1.58. The molecule has 2 N–H and O–H groups in total. The molecule has 90 valence electrons. The Bertz CT molecular complexity index is 498. The number of hydrogen-bond acceptors (Lipinski definition) is 3. The van der Waals surface area contributed by atoms with E-state index in [-0.39, 0.29) is 6.04 Å². The molecule has 17 heavy (non-hydrogen) atoms. The number of nitrogens with two attached hydrogens (primary N) is 1. The van der Waals surface area contributed by atoms with Crippen LogP contribution in [-0.4, -0.2) is 16.4 Å². The molecule has 0 radical (unpaired) electrons. The van der Waals surface area contributed by atoms with Gasteiger partial charge in [-0.3, -0.25) is 4.68 Å². The maximum absolute atomic E-state index is 6.01. The van der Waals surface area contributed by atoms with Gasteiger partial charge in [-0.1, -0.05) is 17.7 Å². The summed E-state index contributed by atoms with van der Waals surface area (Å²) in [6.07, 6.45) is 1.72. The molecule has 1 unspecified atom stereocenters. The minimum absolute atomic E-state index is 0.207. The number of hydrogen-bond donors (Lipinski definition) is 1. The van der Waals surface area contributed by atoms with Crippen molar-refractivity contribution in [3.63, 3.8) is 0 Å². The second-order valence-electron chi connectivity index (χ2n) is 3.75. The van der Waals surface area contributed by atoms with Gasteiger partial charge >= 0.3 is 0 Å². The molecule has 1 aromatic heterocycles. The summed E-state index contributed by atoms with van der Waals surface area (Å²) in [5, 5.41) is 4.72. The lowest BCUT2D eigenvalue weighted by Crippen LogP contribution is -2.21. The molecular formula is C12H14ClN3O. The van der Waals surface area contributed by atoms with E-state index in [1.165, 1.54) is 0 Å². The van der Waals surface area contributed by atoms with Gasteiger partial charge in [0.15, 0.2) is 0 Å². The molecule has 0 amide bonds. The van der Waals surface area contributed by atoms with E-state index in [4.69, 9.17) is 22.1 Å². The zero-order valence-corrected chi connectivity index (χ0v) is 10.3. The second kappa shape index (κ2) is 5.21. The highest BCUT2D eigenvalue weighted by molar-refractivity contribution is 6.30. The quantitative estimate of drug-likeness (QED) is 0.906. The van der Waals surface area contributed by atoms with E-state index in [0.717, 1.165) is 11.4 Å². The fourth-order valence-corrected chi connectivity index (χ4v) is 1.76. The standard InChI is InChI=1S/C12H14ClN3O/c1-16-12(5-6-15-16)11(14)8-17-10-4-2-3-9(13)7-10/h2-7,11H,8,14H2,1H3. The SMILES string of the molecule is Cn1nccc1C(N)COc1cccc(Cl)c1. The summed E-state index contributed by atoms with van der Waals surface area (Å²) in [6, 6.07) is 8.93. The van der Waals surface area contributed by atoms with Gasteiger partial charge in [0.05, 0.1) is 11.7 Å². The lowest BCUT2D eigenvalue weighted by Gasteiger charge is -2.13. The lowest BCUT2D eigenvalue weighted by atomic mass is 10.2. The summed E-state index contributed by atoms with van der Waals surface area (Å²) in [7, 11) is 1.86. The molecular weight excluding hydrogens is 238 g/mol. The predicted octanol–water partition coefficient (Wildman–Crippen LogP) is 2.15. The van der Waals surface area contributed by atoms with Gasteiger partial charge in [-0.2, -0.15) is 5.10 Å². The van der Waals surface area contributed by atoms with Gasteiger partial charge in [-0.15, -0.1) is 0 Å². The van der Waals surface area contributed by atoms with E-state index in [2.05, 4.69) is 5.10 Å². The smallest absolute Gasteiger partial charge is 0.120 e. The molecule has 2 aromatic rings. The van der Waals surface area contributed by atoms with Crippen molar-refractivity contribution in [3.8, 4) is 5.75 Å². The second-order valence-corrected chi connectivity index (χ2v) is 4.19.